The van der Waals surface area contributed by atoms with Crippen LogP contribution in [0.1, 0.15) is 10.4 Å². The second-order valence-electron chi connectivity index (χ2n) is 8.67. The Kier molecular flexibility index (Phi) is 6.59. The van der Waals surface area contributed by atoms with Crippen LogP contribution in [0.15, 0.2) is 48.7 Å². The topological polar surface area (TPSA) is 150 Å². The first-order valence-electron chi connectivity index (χ1n) is 11.7. The van der Waals surface area contributed by atoms with Gasteiger partial charge in [-0.25, -0.2) is 0 Å². The van der Waals surface area contributed by atoms with Gasteiger partial charge >= 0.3 is 0 Å². The number of nitrogens with zero attached hydrogens (tertiary/aromatic N) is 2. The summed E-state index contributed by atoms with van der Waals surface area (Å²) in [4.78, 5) is 44.9. The van der Waals surface area contributed by atoms with Crippen molar-refractivity contribution in [3.8, 4) is 0 Å². The summed E-state index contributed by atoms with van der Waals surface area (Å²) in [5, 5.41) is 14.9. The van der Waals surface area contributed by atoms with Crippen molar-refractivity contribution in [3.63, 3.8) is 0 Å². The van der Waals surface area contributed by atoms with Crippen molar-refractivity contribution in [2.24, 2.45) is 0 Å². The van der Waals surface area contributed by atoms with E-state index in [9.17, 15) is 19.5 Å². The fourth-order valence-corrected chi connectivity index (χ4v) is 4.44. The van der Waals surface area contributed by atoms with Gasteiger partial charge < -0.3 is 40.4 Å². The minimum absolute atomic E-state index is 0.122. The van der Waals surface area contributed by atoms with Crippen LogP contribution in [0.25, 0.3) is 10.8 Å². The number of hydrogen-bond acceptors (Lipinski definition) is 7. The second kappa shape index (κ2) is 9.97. The highest BCUT2D eigenvalue weighted by atomic mass is 16.5. The fraction of sp³-hybridized carbons (Fsp3) is 0.320. The smallest absolute Gasteiger partial charge is 0.259 e. The van der Waals surface area contributed by atoms with Crippen LogP contribution in [-0.4, -0.2) is 84.4 Å². The molecule has 1 aromatic heterocycles. The number of benzene rings is 2. The van der Waals surface area contributed by atoms with Gasteiger partial charge in [0.1, 0.15) is 5.82 Å². The number of nitrogen functional groups attached to an aromatic ring is 1. The molecule has 188 valence electrons. The molecule has 0 bridgehead atoms. The fourth-order valence-electron chi connectivity index (χ4n) is 4.44. The molecular formula is C25H27N5O6. The average molecular weight is 494 g/mol. The Morgan fingerprint density at radius 2 is 1.92 bits per heavy atom. The predicted molar refractivity (Wildman–Crippen MR) is 133 cm³/mol. The van der Waals surface area contributed by atoms with Crippen LogP contribution in [0.3, 0.4) is 0 Å². The third-order valence-electron chi connectivity index (χ3n) is 6.37. The third-order valence-corrected chi connectivity index (χ3v) is 6.37. The lowest BCUT2D eigenvalue weighted by molar-refractivity contribution is -0.150. The molecular weight excluding hydrogens is 466 g/mol. The van der Waals surface area contributed by atoms with Crippen molar-refractivity contribution in [1.82, 2.24) is 9.88 Å². The number of H-pyrrole nitrogens is 1. The zero-order chi connectivity index (χ0) is 25.2. The highest BCUT2D eigenvalue weighted by molar-refractivity contribution is 6.05. The number of carbonyl (C=O) groups excluding carboxylic acids is 3. The Morgan fingerprint density at radius 1 is 1.11 bits per heavy atom. The first kappa shape index (κ1) is 23.8. The van der Waals surface area contributed by atoms with E-state index in [2.05, 4.69) is 10.3 Å². The Balaban J connectivity index is 1.28. The van der Waals surface area contributed by atoms with Gasteiger partial charge in [0.2, 0.25) is 0 Å². The van der Waals surface area contributed by atoms with Crippen LogP contribution in [0.4, 0.5) is 17.2 Å². The van der Waals surface area contributed by atoms with E-state index in [-0.39, 0.29) is 19.1 Å². The largest absolute Gasteiger partial charge is 0.385 e. The highest BCUT2D eigenvalue weighted by Crippen LogP contribution is 2.25. The van der Waals surface area contributed by atoms with Crippen LogP contribution in [0.2, 0.25) is 0 Å². The Labute approximate surface area is 206 Å². The van der Waals surface area contributed by atoms with E-state index in [4.69, 9.17) is 15.2 Å². The van der Waals surface area contributed by atoms with Crippen LogP contribution >= 0.6 is 0 Å². The predicted octanol–water partition coefficient (Wildman–Crippen LogP) is 0.954. The van der Waals surface area contributed by atoms with Gasteiger partial charge in [-0.1, -0.05) is 6.07 Å². The van der Waals surface area contributed by atoms with Gasteiger partial charge in [0.15, 0.2) is 12.2 Å². The van der Waals surface area contributed by atoms with Gasteiger partial charge in [0.25, 0.3) is 17.7 Å². The number of aliphatic hydroxyl groups excluding tert-OH is 1. The first-order chi connectivity index (χ1) is 17.4. The summed E-state index contributed by atoms with van der Waals surface area (Å²) < 4.78 is 10.8. The lowest BCUT2D eigenvalue weighted by Crippen LogP contribution is -2.55. The summed E-state index contributed by atoms with van der Waals surface area (Å²) in [5.41, 5.74) is 7.23. The SMILES string of the molecule is Nc1[nH]cc2cc(NC(=O)[C@H](O)[C@H]3OCCN(c4cccc(C(=O)N5CCOCC5)c4)C3=O)ccc12. The van der Waals surface area contributed by atoms with Crippen LogP contribution in [0.5, 0.6) is 0 Å². The number of anilines is 3. The van der Waals surface area contributed by atoms with Crippen LogP contribution in [-0.2, 0) is 19.1 Å². The maximum atomic E-state index is 13.2. The van der Waals surface area contributed by atoms with Gasteiger partial charge in [-0.05, 0) is 36.4 Å². The molecule has 11 nitrogen and oxygen atoms in total. The number of ether oxygens (including phenoxy) is 2. The number of fused-ring (bicyclic) bond motifs is 1. The average Bonchev–Trinajstić information content (AvgIpc) is 3.28. The molecule has 2 aromatic carbocycles. The molecule has 3 amide bonds. The van der Waals surface area contributed by atoms with E-state index < -0.39 is 24.0 Å². The number of amides is 3. The molecule has 5 N–H and O–H groups in total. The molecule has 0 aliphatic carbocycles. The number of carbonyl (C=O) groups is 3. The van der Waals surface area contributed by atoms with Gasteiger partial charge in [-0.3, -0.25) is 14.4 Å². The quantitative estimate of drug-likeness (QED) is 0.413. The van der Waals surface area contributed by atoms with Gasteiger partial charge in [-0.2, -0.15) is 0 Å². The zero-order valence-electron chi connectivity index (χ0n) is 19.5. The molecule has 0 spiro atoms. The molecule has 3 heterocycles. The number of morpholine rings is 2. The minimum Gasteiger partial charge on any atom is -0.385 e. The van der Waals surface area contributed by atoms with Gasteiger partial charge in [0, 0.05) is 53.5 Å². The monoisotopic (exact) mass is 493 g/mol. The summed E-state index contributed by atoms with van der Waals surface area (Å²) in [7, 11) is 0. The van der Waals surface area contributed by atoms with Gasteiger partial charge in [-0.15, -0.1) is 0 Å². The van der Waals surface area contributed by atoms with E-state index >= 15 is 0 Å². The highest BCUT2D eigenvalue weighted by Gasteiger charge is 2.39. The van der Waals surface area contributed by atoms with Crippen molar-refractivity contribution in [1.29, 1.82) is 0 Å². The van der Waals surface area contributed by atoms with Crippen LogP contribution in [0, 0.1) is 0 Å². The normalized spacial score (nSPS) is 19.4. The first-order valence-corrected chi connectivity index (χ1v) is 11.7. The Morgan fingerprint density at radius 3 is 2.72 bits per heavy atom. The van der Waals surface area contributed by atoms with E-state index in [0.717, 1.165) is 10.8 Å². The third kappa shape index (κ3) is 4.63. The summed E-state index contributed by atoms with van der Waals surface area (Å²) in [6, 6.07) is 11.9. The summed E-state index contributed by atoms with van der Waals surface area (Å²) >= 11 is 0. The number of aliphatic hydroxyl groups is 1. The van der Waals surface area contributed by atoms with Crippen molar-refractivity contribution in [2.45, 2.75) is 12.2 Å². The molecule has 2 aliphatic heterocycles. The van der Waals surface area contributed by atoms with E-state index in [0.29, 0.717) is 49.1 Å². The lowest BCUT2D eigenvalue weighted by Gasteiger charge is -2.34. The van der Waals surface area contributed by atoms with E-state index in [1.165, 1.54) is 4.90 Å². The van der Waals surface area contributed by atoms with Crippen molar-refractivity contribution in [3.05, 3.63) is 54.2 Å². The number of nitrogens with one attached hydrogen (secondary N) is 2. The van der Waals surface area contributed by atoms with Crippen molar-refractivity contribution < 1.29 is 29.0 Å². The zero-order valence-corrected chi connectivity index (χ0v) is 19.5. The van der Waals surface area contributed by atoms with E-state index in [1.54, 1.807) is 53.6 Å². The Hall–Kier alpha value is -3.93. The van der Waals surface area contributed by atoms with Crippen molar-refractivity contribution in [2.75, 3.05) is 55.4 Å². The standard InChI is InChI=1S/C25H27N5O6/c26-22-19-5-4-17(12-16(19)14-27-22)28-23(32)20(31)21-25(34)30(8-11-36-21)18-3-1-2-15(13-18)24(33)29-6-9-35-10-7-29/h1-5,12-14,20-21,27,31H,6-11,26H2,(H,28,32)/t20-,21-/m1/s1. The molecule has 11 heteroatoms. The molecule has 2 aliphatic rings. The number of aromatic amines is 1. The maximum absolute atomic E-state index is 13.2. The summed E-state index contributed by atoms with van der Waals surface area (Å²) in [6.45, 7) is 2.34. The molecule has 36 heavy (non-hydrogen) atoms. The Bertz CT molecular complexity index is 1300. The van der Waals surface area contributed by atoms with E-state index in [1.807, 2.05) is 0 Å². The molecule has 2 atom stereocenters. The summed E-state index contributed by atoms with van der Waals surface area (Å²) in [5.74, 6) is -0.957. The lowest BCUT2D eigenvalue weighted by atomic mass is 10.1. The maximum Gasteiger partial charge on any atom is 0.259 e. The number of rotatable bonds is 5. The molecule has 3 aromatic rings. The van der Waals surface area contributed by atoms with Gasteiger partial charge in [0.05, 0.1) is 19.8 Å². The molecule has 0 saturated carbocycles. The molecule has 0 radical (unpaired) electrons. The second-order valence-corrected chi connectivity index (χ2v) is 8.67. The summed E-state index contributed by atoms with van der Waals surface area (Å²) in [6.07, 6.45) is -1.41. The number of aromatic nitrogens is 1. The molecule has 2 fully saturated rings. The van der Waals surface area contributed by atoms with Crippen LogP contribution < -0.4 is 16.0 Å². The molecule has 2 saturated heterocycles. The van der Waals surface area contributed by atoms with Crippen molar-refractivity contribution >= 4 is 45.7 Å². The molecule has 5 rings (SSSR count). The number of nitrogens with two attached hydrogens (primary N) is 1. The molecule has 0 unspecified atom stereocenters. The number of hydrogen-bond donors (Lipinski definition) is 4. The minimum atomic E-state index is -1.73.